The maximum atomic E-state index is 13.1. The fourth-order valence-electron chi connectivity index (χ4n) is 4.39. The van der Waals surface area contributed by atoms with Gasteiger partial charge in [-0.3, -0.25) is 4.79 Å². The Labute approximate surface area is 205 Å². The summed E-state index contributed by atoms with van der Waals surface area (Å²) in [5, 5.41) is 15.3. The summed E-state index contributed by atoms with van der Waals surface area (Å²) in [5.74, 6) is -1.64. The minimum atomic E-state index is -4.74. The van der Waals surface area contributed by atoms with Crippen LogP contribution in [-0.2, 0) is 10.9 Å². The number of aliphatic hydroxyl groups excluding tert-OH is 1. The number of urea groups is 1. The van der Waals surface area contributed by atoms with Gasteiger partial charge in [-0.1, -0.05) is 17.3 Å². The number of nitrogens with one attached hydrogen (secondary N) is 1. The number of likely N-dealkylation sites (tertiary alicyclic amines) is 1. The molecule has 2 aliphatic rings. The molecule has 0 saturated carbocycles. The number of carbonyl (C=O) groups excluding carboxylic acids is 2. The van der Waals surface area contributed by atoms with E-state index in [1.54, 1.807) is 4.90 Å². The first-order chi connectivity index (χ1) is 17.3. The smallest absolute Gasteiger partial charge is 0.396 e. The van der Waals surface area contributed by atoms with Crippen molar-refractivity contribution in [1.29, 1.82) is 0 Å². The molecule has 2 aliphatic heterocycles. The SMILES string of the molecule is O=C(NC[C@H]1COCCN1C(=O)N1CCC(CCO)CC1)c1ccc(-c2noc(C(F)(F)F)n2)cc1. The number of rotatable bonds is 6. The molecule has 0 unspecified atom stereocenters. The molecule has 1 aromatic heterocycles. The van der Waals surface area contributed by atoms with Gasteiger partial charge in [0.05, 0.1) is 19.3 Å². The first kappa shape index (κ1) is 25.9. The number of carbonyl (C=O) groups is 2. The third-order valence-corrected chi connectivity index (χ3v) is 6.47. The zero-order valence-corrected chi connectivity index (χ0v) is 19.5. The molecular formula is C23H28F3N5O5. The number of hydrogen-bond donors (Lipinski definition) is 2. The van der Waals surface area contributed by atoms with E-state index in [-0.39, 0.29) is 36.6 Å². The minimum Gasteiger partial charge on any atom is -0.396 e. The summed E-state index contributed by atoms with van der Waals surface area (Å²) >= 11 is 0. The van der Waals surface area contributed by atoms with Gasteiger partial charge in [0.15, 0.2) is 0 Å². The second kappa shape index (κ2) is 11.2. The Kier molecular flexibility index (Phi) is 8.09. The van der Waals surface area contributed by atoms with Crippen molar-refractivity contribution in [2.75, 3.05) is 46.0 Å². The Morgan fingerprint density at radius 3 is 2.50 bits per heavy atom. The normalized spacial score (nSPS) is 19.4. The van der Waals surface area contributed by atoms with Crippen LogP contribution in [0.2, 0.25) is 0 Å². The number of alkyl halides is 3. The molecule has 36 heavy (non-hydrogen) atoms. The lowest BCUT2D eigenvalue weighted by atomic mass is 9.94. The van der Waals surface area contributed by atoms with Crippen LogP contribution in [0.1, 0.15) is 35.5 Å². The van der Waals surface area contributed by atoms with E-state index in [9.17, 15) is 22.8 Å². The Hall–Kier alpha value is -3.19. The Morgan fingerprint density at radius 1 is 1.14 bits per heavy atom. The van der Waals surface area contributed by atoms with Crippen LogP contribution in [0.15, 0.2) is 28.8 Å². The summed E-state index contributed by atoms with van der Waals surface area (Å²) in [6.07, 6.45) is -2.27. The fraction of sp³-hybridized carbons (Fsp3) is 0.565. The van der Waals surface area contributed by atoms with E-state index >= 15 is 0 Å². The van der Waals surface area contributed by atoms with Gasteiger partial charge in [0, 0.05) is 43.9 Å². The minimum absolute atomic E-state index is 0.0808. The number of hydrogen-bond acceptors (Lipinski definition) is 7. The van der Waals surface area contributed by atoms with E-state index in [1.165, 1.54) is 24.3 Å². The number of aromatic nitrogens is 2. The number of morpholine rings is 1. The zero-order valence-electron chi connectivity index (χ0n) is 19.5. The van der Waals surface area contributed by atoms with Crippen LogP contribution < -0.4 is 5.32 Å². The average Bonchev–Trinajstić information content (AvgIpc) is 3.39. The summed E-state index contributed by atoms with van der Waals surface area (Å²) < 4.78 is 47.7. The van der Waals surface area contributed by atoms with E-state index in [4.69, 9.17) is 9.84 Å². The van der Waals surface area contributed by atoms with E-state index in [1.807, 2.05) is 4.90 Å². The van der Waals surface area contributed by atoms with Crippen LogP contribution in [0.4, 0.5) is 18.0 Å². The molecule has 10 nitrogen and oxygen atoms in total. The van der Waals surface area contributed by atoms with Gasteiger partial charge in [0.25, 0.3) is 5.91 Å². The van der Waals surface area contributed by atoms with Crippen molar-refractivity contribution in [2.45, 2.75) is 31.5 Å². The van der Waals surface area contributed by atoms with Gasteiger partial charge >= 0.3 is 18.1 Å². The standard InChI is InChI=1S/C23H28F3N5O5/c24-23(25,26)21-28-19(29-36-21)16-1-3-17(4-2-16)20(33)27-13-18-14-35-12-10-31(18)22(34)30-8-5-15(6-9-30)7-11-32/h1-4,15,18,32H,5-14H2,(H,27,33)/t18-/m0/s1. The highest BCUT2D eigenvalue weighted by atomic mass is 19.4. The van der Waals surface area contributed by atoms with E-state index < -0.39 is 18.0 Å². The van der Waals surface area contributed by atoms with Crippen molar-refractivity contribution in [3.05, 3.63) is 35.7 Å². The largest absolute Gasteiger partial charge is 0.471 e. The first-order valence-electron chi connectivity index (χ1n) is 11.8. The Balaban J connectivity index is 1.32. The highest BCUT2D eigenvalue weighted by Gasteiger charge is 2.38. The quantitative estimate of drug-likeness (QED) is 0.611. The Bertz CT molecular complexity index is 1040. The van der Waals surface area contributed by atoms with Gasteiger partial charge < -0.3 is 29.5 Å². The summed E-state index contributed by atoms with van der Waals surface area (Å²) in [6.45, 7) is 2.76. The van der Waals surface area contributed by atoms with Gasteiger partial charge in [-0.25, -0.2) is 4.79 Å². The van der Waals surface area contributed by atoms with Crippen LogP contribution >= 0.6 is 0 Å². The van der Waals surface area contributed by atoms with Gasteiger partial charge in [0.1, 0.15) is 0 Å². The molecule has 0 radical (unpaired) electrons. The monoisotopic (exact) mass is 511 g/mol. The van der Waals surface area contributed by atoms with Gasteiger partial charge in [0.2, 0.25) is 5.82 Å². The predicted octanol–water partition coefficient (Wildman–Crippen LogP) is 2.40. The lowest BCUT2D eigenvalue weighted by Crippen LogP contribution is -2.58. The van der Waals surface area contributed by atoms with Crippen molar-refractivity contribution in [1.82, 2.24) is 25.3 Å². The highest BCUT2D eigenvalue weighted by Crippen LogP contribution is 2.29. The summed E-state index contributed by atoms with van der Waals surface area (Å²) in [4.78, 5) is 32.7. The van der Waals surface area contributed by atoms with Crippen molar-refractivity contribution in [2.24, 2.45) is 5.92 Å². The molecule has 1 aromatic carbocycles. The summed E-state index contributed by atoms with van der Waals surface area (Å²) in [7, 11) is 0. The number of benzene rings is 1. The number of piperidine rings is 1. The fourth-order valence-corrected chi connectivity index (χ4v) is 4.39. The second-order valence-electron chi connectivity index (χ2n) is 8.86. The molecule has 3 amide bonds. The second-order valence-corrected chi connectivity index (χ2v) is 8.86. The van der Waals surface area contributed by atoms with Crippen LogP contribution in [0, 0.1) is 5.92 Å². The molecule has 3 heterocycles. The molecule has 0 bridgehead atoms. The molecule has 2 fully saturated rings. The third-order valence-electron chi connectivity index (χ3n) is 6.47. The van der Waals surface area contributed by atoms with Crippen LogP contribution in [0.5, 0.6) is 0 Å². The first-order valence-corrected chi connectivity index (χ1v) is 11.8. The van der Waals surface area contributed by atoms with Crippen molar-refractivity contribution in [3.8, 4) is 11.4 Å². The molecule has 196 valence electrons. The van der Waals surface area contributed by atoms with E-state index in [0.29, 0.717) is 44.3 Å². The van der Waals surface area contributed by atoms with Crippen LogP contribution in [0.3, 0.4) is 0 Å². The number of aliphatic hydroxyl groups is 1. The summed E-state index contributed by atoms with van der Waals surface area (Å²) in [6, 6.07) is 5.35. The molecule has 2 N–H and O–H groups in total. The Morgan fingerprint density at radius 2 is 1.86 bits per heavy atom. The topological polar surface area (TPSA) is 121 Å². The van der Waals surface area contributed by atoms with Crippen molar-refractivity contribution >= 4 is 11.9 Å². The van der Waals surface area contributed by atoms with Crippen molar-refractivity contribution < 1.29 is 37.1 Å². The molecule has 2 aromatic rings. The van der Waals surface area contributed by atoms with Gasteiger partial charge in [-0.2, -0.15) is 18.2 Å². The molecule has 4 rings (SSSR count). The van der Waals surface area contributed by atoms with Crippen LogP contribution in [-0.4, -0.2) is 89.0 Å². The highest BCUT2D eigenvalue weighted by molar-refractivity contribution is 5.94. The molecule has 1 atom stereocenters. The van der Waals surface area contributed by atoms with Gasteiger partial charge in [-0.05, 0) is 37.3 Å². The third kappa shape index (κ3) is 6.13. The van der Waals surface area contributed by atoms with Gasteiger partial charge in [-0.15, -0.1) is 0 Å². The maximum absolute atomic E-state index is 13.1. The molecule has 0 aliphatic carbocycles. The summed E-state index contributed by atoms with van der Waals surface area (Å²) in [5.41, 5.74) is 0.560. The lowest BCUT2D eigenvalue weighted by Gasteiger charge is -2.41. The van der Waals surface area contributed by atoms with E-state index in [2.05, 4.69) is 20.0 Å². The number of ether oxygens (including phenoxy) is 1. The zero-order chi connectivity index (χ0) is 25.7. The van der Waals surface area contributed by atoms with Crippen LogP contribution in [0.25, 0.3) is 11.4 Å². The van der Waals surface area contributed by atoms with Crippen molar-refractivity contribution in [3.63, 3.8) is 0 Å². The number of nitrogens with zero attached hydrogens (tertiary/aromatic N) is 4. The van der Waals surface area contributed by atoms with E-state index in [0.717, 1.165) is 19.3 Å². The predicted molar refractivity (Wildman–Crippen MR) is 120 cm³/mol. The molecule has 13 heteroatoms. The maximum Gasteiger partial charge on any atom is 0.471 e. The molecule has 2 saturated heterocycles. The molecule has 0 spiro atoms. The average molecular weight is 512 g/mol. The lowest BCUT2D eigenvalue weighted by molar-refractivity contribution is -0.159. The molecular weight excluding hydrogens is 483 g/mol. The number of halogens is 3. The number of amides is 3.